The van der Waals surface area contributed by atoms with E-state index in [0.29, 0.717) is 0 Å². The van der Waals surface area contributed by atoms with Crippen LogP contribution in [0.4, 0.5) is 0 Å². The molecule has 98 valence electrons. The van der Waals surface area contributed by atoms with E-state index in [1.807, 2.05) is 6.55 Å². The predicted molar refractivity (Wildman–Crippen MR) is 80.3 cm³/mol. The fraction of sp³-hybridized carbons (Fsp3) is 1.00. The molecule has 0 rings (SSSR count). The maximum Gasteiger partial charge on any atom is 0.0166 e. The van der Waals surface area contributed by atoms with E-state index in [1.165, 1.54) is 70.6 Å². The molecule has 0 saturated carbocycles. The van der Waals surface area contributed by atoms with E-state index < -0.39 is 9.38 Å². The second-order valence-electron chi connectivity index (χ2n) is 4.99. The lowest BCUT2D eigenvalue weighted by Crippen LogP contribution is -1.84. The minimum atomic E-state index is -2.25. The molecule has 16 heavy (non-hydrogen) atoms. The van der Waals surface area contributed by atoms with E-state index >= 15 is 0 Å². The quantitative estimate of drug-likeness (QED) is 0.305. The van der Waals surface area contributed by atoms with Gasteiger partial charge in [-0.3, -0.25) is 0 Å². The zero-order valence-corrected chi connectivity index (χ0v) is 12.7. The fourth-order valence-corrected chi connectivity index (χ4v) is 2.75. The molecule has 0 amide bonds. The molecule has 0 unspecified atom stereocenters. The van der Waals surface area contributed by atoms with Crippen molar-refractivity contribution < 1.29 is 0 Å². The summed E-state index contributed by atoms with van der Waals surface area (Å²) in [7, 11) is -2.25. The fourth-order valence-electron chi connectivity index (χ4n) is 2.14. The molecule has 0 fully saturated rings. The van der Waals surface area contributed by atoms with Crippen LogP contribution in [0.5, 0.6) is 0 Å². The Morgan fingerprint density at radius 2 is 1.06 bits per heavy atom. The van der Waals surface area contributed by atoms with Crippen LogP contribution in [0.15, 0.2) is 0 Å². The second kappa shape index (κ2) is 15.2. The van der Waals surface area contributed by atoms with Gasteiger partial charge in [0.2, 0.25) is 0 Å². The van der Waals surface area contributed by atoms with E-state index in [2.05, 4.69) is 6.92 Å². The lowest BCUT2D eigenvalue weighted by atomic mass is 10.1. The smallest absolute Gasteiger partial charge is 0.0166 e. The highest BCUT2D eigenvalue weighted by Gasteiger charge is 1.92. The van der Waals surface area contributed by atoms with Crippen LogP contribution in [-0.2, 0) is 0 Å². The van der Waals surface area contributed by atoms with Gasteiger partial charge in [0.15, 0.2) is 0 Å². The summed E-state index contributed by atoms with van der Waals surface area (Å²) in [4.78, 5) is 0. The summed E-state index contributed by atoms with van der Waals surface area (Å²) >= 11 is 0. The molecule has 0 spiro atoms. The first kappa shape index (κ1) is 12.7. The molecule has 0 saturated heterocycles. The van der Waals surface area contributed by atoms with Gasteiger partial charge in [-0.2, -0.15) is 0 Å². The van der Waals surface area contributed by atoms with Crippen molar-refractivity contribution in [1.82, 2.24) is 0 Å². The third-order valence-electron chi connectivity index (χ3n) is 3.28. The SMILES string of the molecule is [3H][Si]([3H])(C)CCCCCCCCCCCCCC. The molecule has 1 heteroatoms. The summed E-state index contributed by atoms with van der Waals surface area (Å²) in [6.07, 6.45) is 16.3. The molecule has 0 aromatic rings. The molecule has 0 atom stereocenters. The Morgan fingerprint density at radius 1 is 0.688 bits per heavy atom. The third kappa shape index (κ3) is 14.2. The summed E-state index contributed by atoms with van der Waals surface area (Å²) < 4.78 is 15.2. The Balaban J connectivity index is 2.99. The van der Waals surface area contributed by atoms with Gasteiger partial charge in [-0.15, -0.1) is 0 Å². The van der Waals surface area contributed by atoms with Gasteiger partial charge >= 0.3 is 0 Å². The Hall–Kier alpha value is 0.217. The first-order valence-corrected chi connectivity index (χ1v) is 9.27. The van der Waals surface area contributed by atoms with Gasteiger partial charge in [0.05, 0.1) is 0 Å². The van der Waals surface area contributed by atoms with Crippen molar-refractivity contribution in [2.24, 2.45) is 0 Å². The lowest BCUT2D eigenvalue weighted by Gasteiger charge is -2.02. The van der Waals surface area contributed by atoms with E-state index in [1.54, 1.807) is 0 Å². The summed E-state index contributed by atoms with van der Waals surface area (Å²) in [6.45, 7) is 4.10. The molecular formula is C15H34Si. The van der Waals surface area contributed by atoms with Crippen molar-refractivity contribution in [2.45, 2.75) is 96.6 Å². The topological polar surface area (TPSA) is 0 Å². The van der Waals surface area contributed by atoms with Crippen LogP contribution in [0.25, 0.3) is 0 Å². The van der Waals surface area contributed by atoms with Crippen LogP contribution in [0.1, 0.15) is 84.0 Å². The number of hydrogen-bond acceptors (Lipinski definition) is 0. The monoisotopic (exact) mass is 246 g/mol. The van der Waals surface area contributed by atoms with Gasteiger partial charge in [-0.05, 0) is 0 Å². The lowest BCUT2D eigenvalue weighted by molar-refractivity contribution is 0.548. The molecule has 0 N–H and O–H groups in total. The van der Waals surface area contributed by atoms with Gasteiger partial charge < -0.3 is 0 Å². The zero-order chi connectivity index (χ0) is 13.7. The van der Waals surface area contributed by atoms with E-state index in [9.17, 15) is 0 Å². The molecule has 0 radical (unpaired) electrons. The van der Waals surface area contributed by atoms with Crippen LogP contribution >= 0.6 is 0 Å². The number of hydrogen-bond donors (Lipinski definition) is 0. The highest BCUT2D eigenvalue weighted by molar-refractivity contribution is 6.33. The first-order chi connectivity index (χ1) is 8.56. The first-order valence-electron chi connectivity index (χ1n) is 8.56. The maximum atomic E-state index is 7.58. The standard InChI is InChI=1S/C15H34Si/c1-3-4-5-6-7-8-9-10-11-12-13-14-15-16-2/h3-16H2,1-2H3/i16T2. The average molecular weight is 247 g/mol. The number of unbranched alkanes of at least 4 members (excludes halogenated alkanes) is 11. The minimum absolute atomic E-state index is 0.866. The molecule has 0 nitrogen and oxygen atoms in total. The van der Waals surface area contributed by atoms with Crippen LogP contribution < -0.4 is 0 Å². The Kier molecular flexibility index (Phi) is 12.0. The van der Waals surface area contributed by atoms with Crippen molar-refractivity contribution in [3.63, 3.8) is 0 Å². The zero-order valence-electron chi connectivity index (χ0n) is 13.7. The van der Waals surface area contributed by atoms with Gasteiger partial charge in [-0.1, -0.05) is 96.6 Å². The molecule has 0 aliphatic carbocycles. The second-order valence-corrected chi connectivity index (χ2v) is 6.20. The van der Waals surface area contributed by atoms with Crippen molar-refractivity contribution >= 4 is 9.38 Å². The normalized spacial score (nSPS) is 13.6. The third-order valence-corrected chi connectivity index (χ3v) is 4.13. The molecule has 0 bridgehead atoms. The Bertz CT molecular complexity index is 166. The van der Waals surface area contributed by atoms with E-state index in [0.717, 1.165) is 12.5 Å². The van der Waals surface area contributed by atoms with Crippen LogP contribution in [0, 0.1) is 0 Å². The molecule has 0 aromatic carbocycles. The highest BCUT2D eigenvalue weighted by atomic mass is 28.2. The van der Waals surface area contributed by atoms with Crippen LogP contribution in [0.3, 0.4) is 0 Å². The predicted octanol–water partition coefficient (Wildman–Crippen LogP) is 5.32. The molecule has 0 heterocycles. The number of rotatable bonds is 13. The van der Waals surface area contributed by atoms with Crippen LogP contribution in [0.2, 0.25) is 12.6 Å². The van der Waals surface area contributed by atoms with Gasteiger partial charge in [0, 0.05) is 11.9 Å². The molecule has 0 aromatic heterocycles. The average Bonchev–Trinajstić information content (AvgIpc) is 2.29. The van der Waals surface area contributed by atoms with Crippen LogP contribution in [-0.4, -0.2) is 11.9 Å². The molecular weight excluding hydrogens is 208 g/mol. The van der Waals surface area contributed by atoms with E-state index in [-0.39, 0.29) is 0 Å². The summed E-state index contributed by atoms with van der Waals surface area (Å²) in [5, 5.41) is 0. The molecule has 0 aliphatic rings. The maximum absolute atomic E-state index is 7.58. The van der Waals surface area contributed by atoms with Crippen molar-refractivity contribution in [2.75, 3.05) is 0 Å². The minimum Gasteiger partial charge on any atom is -0.0748 e. The van der Waals surface area contributed by atoms with Crippen molar-refractivity contribution in [1.29, 1.82) is 2.47 Å². The van der Waals surface area contributed by atoms with Gasteiger partial charge in [0.25, 0.3) is 0 Å². The van der Waals surface area contributed by atoms with Crippen molar-refractivity contribution in [3.05, 3.63) is 0 Å². The highest BCUT2D eigenvalue weighted by Crippen LogP contribution is 2.12. The van der Waals surface area contributed by atoms with Gasteiger partial charge in [-0.25, -0.2) is 0 Å². The van der Waals surface area contributed by atoms with Gasteiger partial charge in [0.1, 0.15) is 0 Å². The summed E-state index contributed by atoms with van der Waals surface area (Å²) in [6, 6.07) is 0.866. The largest absolute Gasteiger partial charge is 0.0748 e. The summed E-state index contributed by atoms with van der Waals surface area (Å²) in [5.41, 5.74) is 0. The molecule has 0 aliphatic heterocycles. The van der Waals surface area contributed by atoms with Crippen molar-refractivity contribution in [3.8, 4) is 0 Å². The Morgan fingerprint density at radius 3 is 1.44 bits per heavy atom. The Labute approximate surface area is 109 Å². The summed E-state index contributed by atoms with van der Waals surface area (Å²) in [5.74, 6) is 0. The van der Waals surface area contributed by atoms with E-state index in [4.69, 9.17) is 2.47 Å².